The average Bonchev–Trinajstić information content (AvgIpc) is 3.41. The Balaban J connectivity index is 1.40. The lowest BCUT2D eigenvalue weighted by Crippen LogP contribution is -2.55. The number of aliphatic imine (C=N–C) groups is 1. The maximum Gasteiger partial charge on any atom is 0.254 e. The molecule has 0 unspecified atom stereocenters. The molecule has 8 heteroatoms. The number of hydrogen-bond acceptors (Lipinski definition) is 6. The van der Waals surface area contributed by atoms with E-state index in [1.54, 1.807) is 25.3 Å². The summed E-state index contributed by atoms with van der Waals surface area (Å²) in [5, 5.41) is 7.24. The number of nitrogens with zero attached hydrogens (tertiary/aromatic N) is 2. The number of amidine groups is 1. The van der Waals surface area contributed by atoms with Crippen molar-refractivity contribution < 1.29 is 19.0 Å². The van der Waals surface area contributed by atoms with E-state index in [4.69, 9.17) is 19.2 Å². The number of hydrogen-bond donors (Lipinski definition) is 2. The number of rotatable bonds is 4. The van der Waals surface area contributed by atoms with Crippen LogP contribution >= 0.6 is 0 Å². The highest BCUT2D eigenvalue weighted by Crippen LogP contribution is 2.34. The molecule has 2 aromatic carbocycles. The van der Waals surface area contributed by atoms with Crippen molar-refractivity contribution >= 4 is 17.4 Å². The fourth-order valence-corrected chi connectivity index (χ4v) is 4.36. The van der Waals surface area contributed by atoms with E-state index in [2.05, 4.69) is 22.8 Å². The van der Waals surface area contributed by atoms with Crippen LogP contribution < -0.4 is 20.1 Å². The molecular weight excluding hydrogens is 396 g/mol. The Hall–Kier alpha value is -3.10. The average molecular weight is 422 g/mol. The molecule has 0 bridgehead atoms. The van der Waals surface area contributed by atoms with Gasteiger partial charge in [-0.05, 0) is 36.2 Å². The van der Waals surface area contributed by atoms with E-state index >= 15 is 0 Å². The molecule has 5 rings (SSSR count). The van der Waals surface area contributed by atoms with Crippen LogP contribution in [-0.4, -0.2) is 62.3 Å². The van der Waals surface area contributed by atoms with Gasteiger partial charge >= 0.3 is 0 Å². The maximum absolute atomic E-state index is 13.3. The SMILES string of the molecule is COCCN=C1Nc2ccccc2CN[C@]12CCN(C(=O)c1ccc3c(c1)OCO3)C2. The van der Waals surface area contributed by atoms with Crippen molar-refractivity contribution in [3.63, 3.8) is 0 Å². The lowest BCUT2D eigenvalue weighted by molar-refractivity contribution is 0.0785. The van der Waals surface area contributed by atoms with Gasteiger partial charge in [0, 0.05) is 38.0 Å². The topological polar surface area (TPSA) is 84.4 Å². The molecule has 162 valence electrons. The van der Waals surface area contributed by atoms with Crippen LogP contribution in [0.4, 0.5) is 5.69 Å². The molecule has 0 radical (unpaired) electrons. The number of benzene rings is 2. The maximum atomic E-state index is 13.3. The molecule has 31 heavy (non-hydrogen) atoms. The van der Waals surface area contributed by atoms with Crippen LogP contribution in [0.1, 0.15) is 22.3 Å². The van der Waals surface area contributed by atoms with Gasteiger partial charge in [-0.2, -0.15) is 0 Å². The Morgan fingerprint density at radius 1 is 1.23 bits per heavy atom. The van der Waals surface area contributed by atoms with Gasteiger partial charge in [-0.25, -0.2) is 0 Å². The van der Waals surface area contributed by atoms with E-state index in [0.29, 0.717) is 49.8 Å². The number of anilines is 1. The Kier molecular flexibility index (Phi) is 5.25. The lowest BCUT2D eigenvalue weighted by atomic mass is 9.96. The summed E-state index contributed by atoms with van der Waals surface area (Å²) in [6, 6.07) is 13.6. The number of carbonyl (C=O) groups excluding carboxylic acids is 1. The standard InChI is InChI=1S/C23H26N4O4/c1-29-11-9-24-22-23(25-13-17-4-2-3-5-18(17)26-22)8-10-27(14-23)21(28)16-6-7-19-20(12-16)31-15-30-19/h2-7,12,25H,8-11,13-15H2,1H3,(H,24,26)/t23-/m0/s1. The number of methoxy groups -OCH3 is 1. The zero-order valence-corrected chi connectivity index (χ0v) is 17.5. The van der Waals surface area contributed by atoms with E-state index in [0.717, 1.165) is 17.9 Å². The number of likely N-dealkylation sites (tertiary alicyclic amines) is 1. The summed E-state index contributed by atoms with van der Waals surface area (Å²) in [6.07, 6.45) is 0.774. The van der Waals surface area contributed by atoms with Gasteiger partial charge in [0.05, 0.1) is 18.7 Å². The van der Waals surface area contributed by atoms with Gasteiger partial charge in [0.15, 0.2) is 11.5 Å². The van der Waals surface area contributed by atoms with Gasteiger partial charge in [0.1, 0.15) is 5.84 Å². The number of para-hydroxylation sites is 1. The van der Waals surface area contributed by atoms with Gasteiger partial charge in [-0.15, -0.1) is 0 Å². The molecule has 1 saturated heterocycles. The molecule has 3 aliphatic rings. The van der Waals surface area contributed by atoms with Gasteiger partial charge in [0.2, 0.25) is 6.79 Å². The van der Waals surface area contributed by atoms with Gasteiger partial charge < -0.3 is 24.4 Å². The van der Waals surface area contributed by atoms with Crippen molar-refractivity contribution in [1.29, 1.82) is 0 Å². The Morgan fingerprint density at radius 3 is 3.00 bits per heavy atom. The molecule has 0 aromatic heterocycles. The van der Waals surface area contributed by atoms with Crippen LogP contribution in [0.15, 0.2) is 47.5 Å². The quantitative estimate of drug-likeness (QED) is 0.736. The minimum Gasteiger partial charge on any atom is -0.454 e. The second-order valence-corrected chi connectivity index (χ2v) is 7.99. The fourth-order valence-electron chi connectivity index (χ4n) is 4.36. The summed E-state index contributed by atoms with van der Waals surface area (Å²) in [7, 11) is 1.67. The third-order valence-electron chi connectivity index (χ3n) is 6.08. The highest BCUT2D eigenvalue weighted by molar-refractivity contribution is 6.05. The van der Waals surface area contributed by atoms with E-state index in [1.165, 1.54) is 5.56 Å². The Labute approximate surface area is 181 Å². The lowest BCUT2D eigenvalue weighted by Gasteiger charge is -2.30. The molecule has 8 nitrogen and oxygen atoms in total. The predicted molar refractivity (Wildman–Crippen MR) is 117 cm³/mol. The molecule has 2 aromatic rings. The molecule has 3 aliphatic heterocycles. The molecule has 1 amide bonds. The number of fused-ring (bicyclic) bond motifs is 2. The summed E-state index contributed by atoms with van der Waals surface area (Å²) in [4.78, 5) is 20.0. The molecule has 0 saturated carbocycles. The largest absolute Gasteiger partial charge is 0.454 e. The van der Waals surface area contributed by atoms with E-state index in [-0.39, 0.29) is 12.7 Å². The van der Waals surface area contributed by atoms with E-state index in [9.17, 15) is 4.79 Å². The summed E-state index contributed by atoms with van der Waals surface area (Å²) >= 11 is 0. The highest BCUT2D eigenvalue weighted by atomic mass is 16.7. The normalized spacial score (nSPS) is 23.0. The summed E-state index contributed by atoms with van der Waals surface area (Å²) < 4.78 is 16.0. The first-order valence-electron chi connectivity index (χ1n) is 10.5. The van der Waals surface area contributed by atoms with Crippen molar-refractivity contribution in [2.45, 2.75) is 18.5 Å². The first-order chi connectivity index (χ1) is 15.2. The fraction of sp³-hybridized carbons (Fsp3) is 0.391. The van der Waals surface area contributed by atoms with Crippen LogP contribution in [0.3, 0.4) is 0 Å². The predicted octanol–water partition coefficient (Wildman–Crippen LogP) is 2.26. The molecular formula is C23H26N4O4. The van der Waals surface area contributed by atoms with Crippen molar-refractivity contribution in [1.82, 2.24) is 10.2 Å². The third-order valence-corrected chi connectivity index (χ3v) is 6.08. The monoisotopic (exact) mass is 422 g/mol. The molecule has 1 spiro atoms. The Morgan fingerprint density at radius 2 is 2.10 bits per heavy atom. The number of amides is 1. The first kappa shape index (κ1) is 19.8. The Bertz CT molecular complexity index is 1020. The van der Waals surface area contributed by atoms with E-state index in [1.807, 2.05) is 17.0 Å². The minimum absolute atomic E-state index is 0.0185. The second-order valence-electron chi connectivity index (χ2n) is 7.99. The summed E-state index contributed by atoms with van der Waals surface area (Å²) in [6.45, 7) is 3.17. The van der Waals surface area contributed by atoms with Crippen LogP contribution in [-0.2, 0) is 11.3 Å². The van der Waals surface area contributed by atoms with Crippen molar-refractivity contribution in [3.8, 4) is 11.5 Å². The van der Waals surface area contributed by atoms with Crippen LogP contribution in [0, 0.1) is 0 Å². The molecule has 1 fully saturated rings. The van der Waals surface area contributed by atoms with Gasteiger partial charge in [-0.3, -0.25) is 15.1 Å². The zero-order chi connectivity index (χ0) is 21.3. The summed E-state index contributed by atoms with van der Waals surface area (Å²) in [5.41, 5.74) is 2.39. The molecule has 0 aliphatic carbocycles. The molecule has 3 heterocycles. The van der Waals surface area contributed by atoms with Crippen molar-refractivity contribution in [2.24, 2.45) is 4.99 Å². The van der Waals surface area contributed by atoms with Gasteiger partial charge in [-0.1, -0.05) is 18.2 Å². The number of nitrogens with one attached hydrogen (secondary N) is 2. The third kappa shape index (κ3) is 3.73. The smallest absolute Gasteiger partial charge is 0.254 e. The van der Waals surface area contributed by atoms with Gasteiger partial charge in [0.25, 0.3) is 5.91 Å². The zero-order valence-electron chi connectivity index (χ0n) is 17.5. The van der Waals surface area contributed by atoms with Crippen LogP contribution in [0.2, 0.25) is 0 Å². The van der Waals surface area contributed by atoms with Crippen molar-refractivity contribution in [2.75, 3.05) is 45.5 Å². The number of ether oxygens (including phenoxy) is 3. The first-order valence-corrected chi connectivity index (χ1v) is 10.5. The molecule has 1 atom stereocenters. The summed E-state index contributed by atoms with van der Waals surface area (Å²) in [5.74, 6) is 2.13. The second kappa shape index (κ2) is 8.20. The van der Waals surface area contributed by atoms with Crippen molar-refractivity contribution in [3.05, 3.63) is 53.6 Å². The van der Waals surface area contributed by atoms with Crippen LogP contribution in [0.25, 0.3) is 0 Å². The number of carbonyl (C=O) groups is 1. The van der Waals surface area contributed by atoms with Crippen LogP contribution in [0.5, 0.6) is 11.5 Å². The minimum atomic E-state index is -0.432. The molecule has 2 N–H and O–H groups in total. The van der Waals surface area contributed by atoms with E-state index < -0.39 is 5.54 Å². The highest BCUT2D eigenvalue weighted by Gasteiger charge is 2.45.